The monoisotopic (exact) mass is 239 g/mol. The van der Waals surface area contributed by atoms with Gasteiger partial charge in [-0.25, -0.2) is 0 Å². The van der Waals surface area contributed by atoms with Gasteiger partial charge in [0.15, 0.2) is 0 Å². The Morgan fingerprint density at radius 3 is 1.71 bits per heavy atom. The second-order valence-electron chi connectivity index (χ2n) is 3.72. The van der Waals surface area contributed by atoms with Gasteiger partial charge >= 0.3 is 0 Å². The maximum Gasteiger partial charge on any atom is 0.125 e. The molecule has 0 fully saturated rings. The van der Waals surface area contributed by atoms with Crippen LogP contribution in [0.4, 0.5) is 5.69 Å². The predicted molar refractivity (Wildman–Crippen MR) is 69.2 cm³/mol. The molecule has 0 aliphatic heterocycles. The van der Waals surface area contributed by atoms with E-state index in [9.17, 15) is 0 Å². The molecule has 0 spiro atoms. The molecule has 0 saturated carbocycles. The van der Waals surface area contributed by atoms with Crippen LogP contribution in [0.5, 0.6) is 11.5 Å². The fraction of sp³-hybridized carbons (Fsp3) is 0.500. The SMILES string of the molecule is NCCCOc1cc(N)cc(OCCCN)c1. The number of nitrogen functional groups attached to an aromatic ring is 1. The third-order valence-corrected chi connectivity index (χ3v) is 2.14. The van der Waals surface area contributed by atoms with E-state index in [4.69, 9.17) is 26.7 Å². The van der Waals surface area contributed by atoms with E-state index in [2.05, 4.69) is 0 Å². The van der Waals surface area contributed by atoms with Crippen LogP contribution in [0, 0.1) is 0 Å². The van der Waals surface area contributed by atoms with E-state index < -0.39 is 0 Å². The number of hydrogen-bond donors (Lipinski definition) is 3. The van der Waals surface area contributed by atoms with Crippen LogP contribution >= 0.6 is 0 Å². The molecule has 17 heavy (non-hydrogen) atoms. The van der Waals surface area contributed by atoms with Gasteiger partial charge in [0.2, 0.25) is 0 Å². The molecule has 5 nitrogen and oxygen atoms in total. The lowest BCUT2D eigenvalue weighted by Gasteiger charge is -2.10. The molecule has 0 heterocycles. The minimum Gasteiger partial charge on any atom is -0.493 e. The lowest BCUT2D eigenvalue weighted by atomic mass is 10.3. The molecule has 6 N–H and O–H groups in total. The maximum absolute atomic E-state index is 5.76. The van der Waals surface area contributed by atoms with E-state index in [1.54, 1.807) is 12.1 Å². The molecule has 0 aliphatic carbocycles. The van der Waals surface area contributed by atoms with Crippen molar-refractivity contribution in [1.82, 2.24) is 0 Å². The number of hydrogen-bond acceptors (Lipinski definition) is 5. The summed E-state index contributed by atoms with van der Waals surface area (Å²) in [5.41, 5.74) is 17.2. The van der Waals surface area contributed by atoms with Crippen molar-refractivity contribution in [2.45, 2.75) is 12.8 Å². The molecule has 0 amide bonds. The first-order valence-corrected chi connectivity index (χ1v) is 5.82. The molecule has 0 aromatic heterocycles. The highest BCUT2D eigenvalue weighted by Crippen LogP contribution is 2.24. The van der Waals surface area contributed by atoms with Crippen LogP contribution in [-0.2, 0) is 0 Å². The molecular formula is C12H21N3O2. The summed E-state index contributed by atoms with van der Waals surface area (Å²) >= 11 is 0. The van der Waals surface area contributed by atoms with E-state index in [1.807, 2.05) is 6.07 Å². The zero-order chi connectivity index (χ0) is 12.5. The Bertz CT molecular complexity index is 303. The van der Waals surface area contributed by atoms with Crippen molar-refractivity contribution in [3.05, 3.63) is 18.2 Å². The fourth-order valence-corrected chi connectivity index (χ4v) is 1.31. The molecule has 1 aromatic rings. The molecule has 96 valence electrons. The topological polar surface area (TPSA) is 96.5 Å². The van der Waals surface area contributed by atoms with E-state index in [0.717, 1.165) is 12.8 Å². The molecule has 0 bridgehead atoms. The highest BCUT2D eigenvalue weighted by Gasteiger charge is 2.01. The van der Waals surface area contributed by atoms with Gasteiger partial charge in [0, 0.05) is 23.9 Å². The lowest BCUT2D eigenvalue weighted by Crippen LogP contribution is -2.07. The third kappa shape index (κ3) is 5.42. The van der Waals surface area contributed by atoms with Crippen LogP contribution in [-0.4, -0.2) is 26.3 Å². The first-order chi connectivity index (χ1) is 8.26. The second kappa shape index (κ2) is 7.76. The van der Waals surface area contributed by atoms with Crippen LogP contribution in [0.25, 0.3) is 0 Å². The van der Waals surface area contributed by atoms with Crippen molar-refractivity contribution in [1.29, 1.82) is 0 Å². The summed E-state index contributed by atoms with van der Waals surface area (Å²) < 4.78 is 11.0. The standard InChI is InChI=1S/C12H21N3O2/c13-3-1-5-16-11-7-10(15)8-12(9-11)17-6-2-4-14/h7-9H,1-6,13-15H2. The van der Waals surface area contributed by atoms with Crippen molar-refractivity contribution in [3.63, 3.8) is 0 Å². The van der Waals surface area contributed by atoms with Gasteiger partial charge in [0.05, 0.1) is 13.2 Å². The van der Waals surface area contributed by atoms with Gasteiger partial charge in [-0.2, -0.15) is 0 Å². The van der Waals surface area contributed by atoms with Gasteiger partial charge < -0.3 is 26.7 Å². The quantitative estimate of drug-likeness (QED) is 0.459. The molecule has 0 radical (unpaired) electrons. The highest BCUT2D eigenvalue weighted by atomic mass is 16.5. The van der Waals surface area contributed by atoms with Gasteiger partial charge in [0.25, 0.3) is 0 Å². The fourth-order valence-electron chi connectivity index (χ4n) is 1.31. The summed E-state index contributed by atoms with van der Waals surface area (Å²) in [5.74, 6) is 1.42. The normalized spacial score (nSPS) is 10.2. The third-order valence-electron chi connectivity index (χ3n) is 2.14. The van der Waals surface area contributed by atoms with Gasteiger partial charge in [0.1, 0.15) is 11.5 Å². The average Bonchev–Trinajstić information content (AvgIpc) is 2.29. The smallest absolute Gasteiger partial charge is 0.125 e. The van der Waals surface area contributed by atoms with Crippen LogP contribution in [0.2, 0.25) is 0 Å². The Hall–Kier alpha value is -1.46. The molecule has 5 heteroatoms. The number of ether oxygens (including phenoxy) is 2. The summed E-state index contributed by atoms with van der Waals surface area (Å²) in [6.45, 7) is 2.40. The molecule has 0 atom stereocenters. The van der Waals surface area contributed by atoms with Crippen molar-refractivity contribution in [2.24, 2.45) is 11.5 Å². The van der Waals surface area contributed by atoms with E-state index >= 15 is 0 Å². The predicted octanol–water partition coefficient (Wildman–Crippen LogP) is 0.724. The van der Waals surface area contributed by atoms with Crippen molar-refractivity contribution >= 4 is 5.69 Å². The maximum atomic E-state index is 5.76. The largest absolute Gasteiger partial charge is 0.493 e. The summed E-state index contributed by atoms with van der Waals surface area (Å²) in [5, 5.41) is 0. The summed E-state index contributed by atoms with van der Waals surface area (Å²) in [7, 11) is 0. The molecule has 1 rings (SSSR count). The number of anilines is 1. The Labute approximate surface area is 102 Å². The molecule has 1 aromatic carbocycles. The minimum atomic E-state index is 0.586. The summed E-state index contributed by atoms with van der Waals surface area (Å²) in [6, 6.07) is 5.36. The van der Waals surface area contributed by atoms with Gasteiger partial charge in [-0.15, -0.1) is 0 Å². The van der Waals surface area contributed by atoms with E-state index in [0.29, 0.717) is 43.5 Å². The van der Waals surface area contributed by atoms with Gasteiger partial charge in [-0.3, -0.25) is 0 Å². The number of nitrogens with two attached hydrogens (primary N) is 3. The Balaban J connectivity index is 2.53. The molecule has 0 aliphatic rings. The lowest BCUT2D eigenvalue weighted by molar-refractivity contribution is 0.298. The Morgan fingerprint density at radius 2 is 1.29 bits per heavy atom. The van der Waals surface area contributed by atoms with Gasteiger partial charge in [-0.1, -0.05) is 0 Å². The van der Waals surface area contributed by atoms with E-state index in [-0.39, 0.29) is 0 Å². The van der Waals surface area contributed by atoms with Crippen molar-refractivity contribution in [3.8, 4) is 11.5 Å². The molecule has 0 saturated heterocycles. The molecule has 0 unspecified atom stereocenters. The van der Waals surface area contributed by atoms with Crippen LogP contribution in [0.1, 0.15) is 12.8 Å². The Morgan fingerprint density at radius 1 is 0.824 bits per heavy atom. The van der Waals surface area contributed by atoms with Gasteiger partial charge in [-0.05, 0) is 25.9 Å². The minimum absolute atomic E-state index is 0.586. The summed E-state index contributed by atoms with van der Waals surface area (Å²) in [6.07, 6.45) is 1.64. The Kier molecular flexibility index (Phi) is 6.21. The highest BCUT2D eigenvalue weighted by molar-refractivity contribution is 5.50. The number of rotatable bonds is 8. The zero-order valence-electron chi connectivity index (χ0n) is 10.0. The van der Waals surface area contributed by atoms with Crippen molar-refractivity contribution in [2.75, 3.05) is 32.0 Å². The average molecular weight is 239 g/mol. The van der Waals surface area contributed by atoms with Crippen molar-refractivity contribution < 1.29 is 9.47 Å². The van der Waals surface area contributed by atoms with E-state index in [1.165, 1.54) is 0 Å². The zero-order valence-corrected chi connectivity index (χ0v) is 10.0. The van der Waals surface area contributed by atoms with Crippen LogP contribution in [0.15, 0.2) is 18.2 Å². The molecular weight excluding hydrogens is 218 g/mol. The van der Waals surface area contributed by atoms with Crippen LogP contribution < -0.4 is 26.7 Å². The first kappa shape index (κ1) is 13.6. The first-order valence-electron chi connectivity index (χ1n) is 5.82. The van der Waals surface area contributed by atoms with Crippen LogP contribution in [0.3, 0.4) is 0 Å². The second-order valence-corrected chi connectivity index (χ2v) is 3.72. The summed E-state index contributed by atoms with van der Waals surface area (Å²) in [4.78, 5) is 0. The number of benzene rings is 1.